The topological polar surface area (TPSA) is 133 Å². The van der Waals surface area contributed by atoms with Crippen LogP contribution in [0, 0.1) is 12.8 Å². The second kappa shape index (κ2) is 11.6. The van der Waals surface area contributed by atoms with Crippen LogP contribution in [-0.2, 0) is 19.6 Å². The predicted octanol–water partition coefficient (Wildman–Crippen LogP) is 5.24. The van der Waals surface area contributed by atoms with E-state index in [0.717, 1.165) is 11.3 Å². The minimum absolute atomic E-state index is 0.0400. The maximum absolute atomic E-state index is 14.1. The van der Waals surface area contributed by atoms with Crippen LogP contribution in [0.15, 0.2) is 90.7 Å². The lowest BCUT2D eigenvalue weighted by Crippen LogP contribution is -2.35. The van der Waals surface area contributed by atoms with Crippen molar-refractivity contribution in [3.8, 4) is 22.4 Å². The van der Waals surface area contributed by atoms with Gasteiger partial charge in [0.15, 0.2) is 0 Å². The quantitative estimate of drug-likeness (QED) is 0.239. The Kier molecular flexibility index (Phi) is 7.74. The summed E-state index contributed by atoms with van der Waals surface area (Å²) < 4.78 is 33.9. The third-order valence-electron chi connectivity index (χ3n) is 8.47. The largest absolute Gasteiger partial charge is 0.500 e. The third kappa shape index (κ3) is 5.37. The number of benzene rings is 1. The number of aryl methyl sites for hydroxylation is 1. The number of hydrogen-bond acceptors (Lipinski definition) is 7. The zero-order valence-corrected chi connectivity index (χ0v) is 26.1. The van der Waals surface area contributed by atoms with Crippen molar-refractivity contribution in [1.29, 1.82) is 0 Å². The van der Waals surface area contributed by atoms with Crippen molar-refractivity contribution in [2.45, 2.75) is 37.9 Å². The predicted molar refractivity (Wildman–Crippen MR) is 173 cm³/mol. The number of carbonyl (C=O) groups excluding carboxylic acids is 2. The lowest BCUT2D eigenvalue weighted by atomic mass is 9.98. The molecule has 1 saturated carbocycles. The van der Waals surface area contributed by atoms with Gasteiger partial charge in [-0.15, -0.1) is 6.58 Å². The van der Waals surface area contributed by atoms with E-state index in [4.69, 9.17) is 4.74 Å². The van der Waals surface area contributed by atoms with Crippen LogP contribution in [0.25, 0.3) is 33.3 Å². The Hall–Kier alpha value is -4.90. The number of carbonyl (C=O) groups is 2. The molecule has 0 bridgehead atoms. The molecule has 0 radical (unpaired) electrons. The molecule has 45 heavy (non-hydrogen) atoms. The van der Waals surface area contributed by atoms with Gasteiger partial charge in [-0.1, -0.05) is 12.1 Å². The molecule has 1 N–H and O–H groups in total. The van der Waals surface area contributed by atoms with Gasteiger partial charge in [-0.05, 0) is 80.6 Å². The minimum atomic E-state index is -3.82. The van der Waals surface area contributed by atoms with Gasteiger partial charge < -0.3 is 10.1 Å². The van der Waals surface area contributed by atoms with Gasteiger partial charge in [0.25, 0.3) is 11.8 Å². The molecule has 1 fully saturated rings. The molecule has 230 valence electrons. The summed E-state index contributed by atoms with van der Waals surface area (Å²) in [7, 11) is -2.35. The number of pyridine rings is 2. The number of aliphatic imine (C=N–C) groups is 1. The molecule has 3 aromatic heterocycles. The number of aromatic nitrogens is 3. The van der Waals surface area contributed by atoms with Gasteiger partial charge in [-0.2, -0.15) is 0 Å². The number of ether oxygens (including phenoxy) is 1. The monoisotopic (exact) mass is 623 g/mol. The third-order valence-corrected chi connectivity index (χ3v) is 11.0. The van der Waals surface area contributed by atoms with Crippen molar-refractivity contribution >= 4 is 38.5 Å². The summed E-state index contributed by atoms with van der Waals surface area (Å²) in [6, 6.07) is 11.0. The Bertz CT molecular complexity index is 2010. The molecule has 6 rings (SSSR count). The molecule has 1 aliphatic carbocycles. The Morgan fingerprint density at radius 2 is 1.96 bits per heavy atom. The van der Waals surface area contributed by atoms with Crippen molar-refractivity contribution in [1.82, 2.24) is 19.3 Å². The second-order valence-electron chi connectivity index (χ2n) is 11.5. The number of rotatable bonds is 10. The summed E-state index contributed by atoms with van der Waals surface area (Å²) >= 11 is 0. The number of fused-ring (bicyclic) bond motifs is 1. The van der Waals surface area contributed by atoms with E-state index >= 15 is 0 Å². The van der Waals surface area contributed by atoms with Gasteiger partial charge in [0.05, 0.1) is 23.1 Å². The zero-order chi connectivity index (χ0) is 31.9. The number of hydrogen-bond donors (Lipinski definition) is 1. The SMILES string of the molecule is C=CCC1(S(=O)(=O)n2cc(C)c3c(C(=O)NCC4C(=O)N=C(C)C=C4OC)cc(-c4ccc(-c5cccnc5)nc4)cc32)CC1. The van der Waals surface area contributed by atoms with Gasteiger partial charge in [-0.3, -0.25) is 19.6 Å². The van der Waals surface area contributed by atoms with E-state index in [9.17, 15) is 18.0 Å². The van der Waals surface area contributed by atoms with Crippen molar-refractivity contribution in [3.63, 3.8) is 0 Å². The smallest absolute Gasteiger partial charge is 0.258 e. The van der Waals surface area contributed by atoms with Gasteiger partial charge >= 0.3 is 0 Å². The average molecular weight is 624 g/mol. The number of methoxy groups -OCH3 is 1. The molecular weight excluding hydrogens is 590 g/mol. The first-order valence-corrected chi connectivity index (χ1v) is 16.0. The summed E-state index contributed by atoms with van der Waals surface area (Å²) in [6.07, 6.45) is 11.4. The number of nitrogens with zero attached hydrogens (tertiary/aromatic N) is 4. The van der Waals surface area contributed by atoms with Crippen molar-refractivity contribution in [3.05, 3.63) is 96.8 Å². The summed E-state index contributed by atoms with van der Waals surface area (Å²) in [6.45, 7) is 7.23. The van der Waals surface area contributed by atoms with Crippen LogP contribution < -0.4 is 5.32 Å². The number of allylic oxidation sites excluding steroid dienone is 2. The van der Waals surface area contributed by atoms with Crippen LogP contribution in [0.2, 0.25) is 0 Å². The number of nitrogens with one attached hydrogen (secondary N) is 1. The fourth-order valence-corrected chi connectivity index (χ4v) is 7.95. The van der Waals surface area contributed by atoms with Gasteiger partial charge in [0, 0.05) is 59.1 Å². The molecule has 4 aromatic rings. The Morgan fingerprint density at radius 1 is 1.16 bits per heavy atom. The van der Waals surface area contributed by atoms with Crippen LogP contribution in [0.5, 0.6) is 0 Å². The first-order chi connectivity index (χ1) is 21.6. The molecule has 1 unspecified atom stereocenters. The first kappa shape index (κ1) is 30.1. The highest BCUT2D eigenvalue weighted by Crippen LogP contribution is 2.49. The molecule has 1 aromatic carbocycles. The molecule has 0 spiro atoms. The maximum atomic E-state index is 14.1. The van der Waals surface area contributed by atoms with E-state index in [1.54, 1.807) is 62.9 Å². The lowest BCUT2D eigenvalue weighted by Gasteiger charge is -2.20. The Balaban J connectivity index is 1.44. The van der Waals surface area contributed by atoms with Crippen LogP contribution in [0.1, 0.15) is 42.1 Å². The average Bonchev–Trinajstić information content (AvgIpc) is 3.76. The molecule has 10 nitrogen and oxygen atoms in total. The highest BCUT2D eigenvalue weighted by atomic mass is 32.2. The lowest BCUT2D eigenvalue weighted by molar-refractivity contribution is -0.121. The van der Waals surface area contributed by atoms with Gasteiger partial charge in [0.1, 0.15) is 11.7 Å². The first-order valence-electron chi connectivity index (χ1n) is 14.6. The zero-order valence-electron chi connectivity index (χ0n) is 25.3. The van der Waals surface area contributed by atoms with E-state index in [1.807, 2.05) is 24.3 Å². The molecule has 0 saturated heterocycles. The summed E-state index contributed by atoms with van der Waals surface area (Å²) in [5.74, 6) is -1.22. The van der Waals surface area contributed by atoms with Gasteiger partial charge in [-0.25, -0.2) is 17.4 Å². The molecular formula is C34H33N5O5S. The van der Waals surface area contributed by atoms with Gasteiger partial charge in [0.2, 0.25) is 10.0 Å². The highest BCUT2D eigenvalue weighted by Gasteiger charge is 2.54. The Labute approximate surface area is 261 Å². The van der Waals surface area contributed by atoms with E-state index in [0.29, 0.717) is 58.3 Å². The van der Waals surface area contributed by atoms with Crippen molar-refractivity contribution in [2.24, 2.45) is 10.9 Å². The standard InChI is InChI=1S/C34H33N5O5S/c1-5-10-34(11-12-34)45(42,43)39-20-21(2)31-26(32(40)37-19-27-30(44-4)14-22(3)38-33(27)41)15-25(16-29(31)39)23-8-9-28(36-18-23)24-7-6-13-35-17-24/h5-9,13-18,20,27H,1,10-12,19H2,2-4H3,(H,37,40). The molecule has 11 heteroatoms. The fourth-order valence-electron chi connectivity index (χ4n) is 5.89. The van der Waals surface area contributed by atoms with E-state index < -0.39 is 32.5 Å². The fraction of sp³-hybridized carbons (Fsp3) is 0.265. The maximum Gasteiger partial charge on any atom is 0.258 e. The molecule has 1 atom stereocenters. The minimum Gasteiger partial charge on any atom is -0.500 e. The number of dihydropyridines is 1. The molecule has 4 heterocycles. The van der Waals surface area contributed by atoms with Crippen LogP contribution in [-0.4, -0.2) is 58.3 Å². The molecule has 1 aliphatic heterocycles. The van der Waals surface area contributed by atoms with E-state index in [1.165, 1.54) is 11.1 Å². The van der Waals surface area contributed by atoms with E-state index in [2.05, 4.69) is 26.9 Å². The van der Waals surface area contributed by atoms with Crippen molar-refractivity contribution < 1.29 is 22.7 Å². The summed E-state index contributed by atoms with van der Waals surface area (Å²) in [4.78, 5) is 39.4. The Morgan fingerprint density at radius 3 is 2.60 bits per heavy atom. The highest BCUT2D eigenvalue weighted by molar-refractivity contribution is 7.91. The normalized spacial score (nSPS) is 17.4. The summed E-state index contributed by atoms with van der Waals surface area (Å²) in [5.41, 5.74) is 4.74. The number of amides is 2. The van der Waals surface area contributed by atoms with Crippen LogP contribution in [0.3, 0.4) is 0 Å². The van der Waals surface area contributed by atoms with E-state index in [-0.39, 0.29) is 12.1 Å². The van der Waals surface area contributed by atoms with Crippen LogP contribution in [0.4, 0.5) is 0 Å². The van der Waals surface area contributed by atoms with Crippen molar-refractivity contribution in [2.75, 3.05) is 13.7 Å². The second-order valence-corrected chi connectivity index (χ2v) is 13.7. The molecule has 2 amide bonds. The summed E-state index contributed by atoms with van der Waals surface area (Å²) in [5, 5.41) is 3.39. The van der Waals surface area contributed by atoms with Crippen LogP contribution >= 0.6 is 0 Å². The molecule has 2 aliphatic rings.